The standard InChI is InChI=1S/C12H20N2O4S2/c1-9-6-5-7-10(13)11(9)20(17,18)14-8-12(2,3)19(4,15)16/h5-7,14H,8,13H2,1-4H3. The number of hydrogen-bond donors (Lipinski definition) is 2. The number of anilines is 1. The van der Waals surface area contributed by atoms with Crippen LogP contribution in [0.15, 0.2) is 23.1 Å². The first-order chi connectivity index (χ1) is 8.88. The summed E-state index contributed by atoms with van der Waals surface area (Å²) in [6.45, 7) is 4.34. The topological polar surface area (TPSA) is 106 Å². The fourth-order valence-electron chi connectivity index (χ4n) is 1.51. The van der Waals surface area contributed by atoms with Crippen molar-refractivity contribution in [3.05, 3.63) is 23.8 Å². The molecule has 8 heteroatoms. The first-order valence-corrected chi connectivity index (χ1v) is 9.30. The summed E-state index contributed by atoms with van der Waals surface area (Å²) in [4.78, 5) is -0.00991. The Balaban J connectivity index is 3.10. The van der Waals surface area contributed by atoms with Crippen molar-refractivity contribution in [3.63, 3.8) is 0 Å². The summed E-state index contributed by atoms with van der Waals surface area (Å²) in [5.41, 5.74) is 6.34. The third-order valence-corrected chi connectivity index (χ3v) is 6.97. The predicted octanol–water partition coefficient (Wildman–Crippen LogP) is 0.679. The molecule has 6 nitrogen and oxygen atoms in total. The number of nitrogens with two attached hydrogens (primary N) is 1. The molecule has 0 fully saturated rings. The molecule has 0 unspecified atom stereocenters. The van der Waals surface area contributed by atoms with Crippen molar-refractivity contribution in [3.8, 4) is 0 Å². The van der Waals surface area contributed by atoms with Crippen molar-refractivity contribution < 1.29 is 16.8 Å². The van der Waals surface area contributed by atoms with Crippen molar-refractivity contribution in [1.82, 2.24) is 4.72 Å². The fraction of sp³-hybridized carbons (Fsp3) is 0.500. The van der Waals surface area contributed by atoms with Crippen LogP contribution < -0.4 is 10.5 Å². The van der Waals surface area contributed by atoms with E-state index in [1.807, 2.05) is 0 Å². The molecule has 0 bridgehead atoms. The Morgan fingerprint density at radius 1 is 1.20 bits per heavy atom. The molecule has 1 aromatic carbocycles. The summed E-state index contributed by atoms with van der Waals surface area (Å²) >= 11 is 0. The fourth-order valence-corrected chi connectivity index (χ4v) is 3.51. The first kappa shape index (κ1) is 16.9. The van der Waals surface area contributed by atoms with Gasteiger partial charge in [0, 0.05) is 12.8 Å². The monoisotopic (exact) mass is 320 g/mol. The Kier molecular flexibility index (Phi) is 4.52. The van der Waals surface area contributed by atoms with Gasteiger partial charge in [-0.3, -0.25) is 0 Å². The van der Waals surface area contributed by atoms with Gasteiger partial charge in [0.2, 0.25) is 10.0 Å². The highest BCUT2D eigenvalue weighted by molar-refractivity contribution is 7.92. The van der Waals surface area contributed by atoms with Crippen molar-refractivity contribution in [2.45, 2.75) is 30.4 Å². The molecule has 0 aliphatic heterocycles. The molecular weight excluding hydrogens is 300 g/mol. The number of nitrogen functional groups attached to an aromatic ring is 1. The minimum Gasteiger partial charge on any atom is -0.398 e. The van der Waals surface area contributed by atoms with Gasteiger partial charge in [0.1, 0.15) is 4.90 Å². The second kappa shape index (κ2) is 5.34. The van der Waals surface area contributed by atoms with E-state index in [1.165, 1.54) is 19.9 Å². The van der Waals surface area contributed by atoms with Crippen LogP contribution in [0.3, 0.4) is 0 Å². The average Bonchev–Trinajstić information content (AvgIpc) is 2.24. The Morgan fingerprint density at radius 3 is 2.20 bits per heavy atom. The minimum atomic E-state index is -3.85. The highest BCUT2D eigenvalue weighted by atomic mass is 32.2. The lowest BCUT2D eigenvalue weighted by atomic mass is 10.2. The average molecular weight is 320 g/mol. The molecule has 0 aliphatic rings. The van der Waals surface area contributed by atoms with Crippen LogP contribution in [0, 0.1) is 6.92 Å². The third kappa shape index (κ3) is 3.50. The van der Waals surface area contributed by atoms with E-state index in [2.05, 4.69) is 4.72 Å². The van der Waals surface area contributed by atoms with Crippen LogP contribution in [0.1, 0.15) is 19.4 Å². The molecule has 0 spiro atoms. The van der Waals surface area contributed by atoms with E-state index in [0.29, 0.717) is 5.56 Å². The van der Waals surface area contributed by atoms with E-state index in [9.17, 15) is 16.8 Å². The van der Waals surface area contributed by atoms with Gasteiger partial charge >= 0.3 is 0 Å². The summed E-state index contributed by atoms with van der Waals surface area (Å²) in [6, 6.07) is 4.78. The van der Waals surface area contributed by atoms with Gasteiger partial charge in [-0.25, -0.2) is 21.6 Å². The molecule has 0 radical (unpaired) electrons. The van der Waals surface area contributed by atoms with Gasteiger partial charge < -0.3 is 5.73 Å². The highest BCUT2D eigenvalue weighted by Crippen LogP contribution is 2.23. The van der Waals surface area contributed by atoms with Gasteiger partial charge in [-0.2, -0.15) is 0 Å². The van der Waals surface area contributed by atoms with Gasteiger partial charge in [-0.15, -0.1) is 0 Å². The molecule has 114 valence electrons. The summed E-state index contributed by atoms with van der Waals surface area (Å²) in [5, 5.41) is 0. The van der Waals surface area contributed by atoms with E-state index >= 15 is 0 Å². The van der Waals surface area contributed by atoms with Gasteiger partial charge in [0.05, 0.1) is 10.4 Å². The number of benzene rings is 1. The lowest BCUT2D eigenvalue weighted by Crippen LogP contribution is -2.43. The number of sulfonamides is 1. The molecule has 0 saturated carbocycles. The smallest absolute Gasteiger partial charge is 0.242 e. The Morgan fingerprint density at radius 2 is 1.75 bits per heavy atom. The number of rotatable bonds is 5. The van der Waals surface area contributed by atoms with Crippen molar-refractivity contribution >= 4 is 25.5 Å². The molecule has 3 N–H and O–H groups in total. The number of hydrogen-bond acceptors (Lipinski definition) is 5. The van der Waals surface area contributed by atoms with Crippen LogP contribution in [-0.4, -0.2) is 34.4 Å². The Hall–Kier alpha value is -1.12. The van der Waals surface area contributed by atoms with Gasteiger partial charge in [0.15, 0.2) is 9.84 Å². The van der Waals surface area contributed by atoms with E-state index in [4.69, 9.17) is 5.73 Å². The van der Waals surface area contributed by atoms with Crippen LogP contribution in [0.25, 0.3) is 0 Å². The van der Waals surface area contributed by atoms with Crippen LogP contribution >= 0.6 is 0 Å². The molecular formula is C12H20N2O4S2. The molecule has 0 heterocycles. The molecule has 0 saturated heterocycles. The molecule has 1 aromatic rings. The highest BCUT2D eigenvalue weighted by Gasteiger charge is 2.32. The van der Waals surface area contributed by atoms with Crippen LogP contribution in [0.5, 0.6) is 0 Å². The molecule has 0 aliphatic carbocycles. The molecule has 0 aromatic heterocycles. The van der Waals surface area contributed by atoms with E-state index < -0.39 is 24.6 Å². The summed E-state index contributed by atoms with van der Waals surface area (Å²) in [6.07, 6.45) is 1.07. The van der Waals surface area contributed by atoms with Crippen LogP contribution in [0.2, 0.25) is 0 Å². The van der Waals surface area contributed by atoms with E-state index in [0.717, 1.165) is 6.26 Å². The van der Waals surface area contributed by atoms with Gasteiger partial charge in [-0.1, -0.05) is 12.1 Å². The minimum absolute atomic E-state index is 0.00991. The molecule has 0 amide bonds. The van der Waals surface area contributed by atoms with E-state index in [-0.39, 0.29) is 17.1 Å². The molecule has 20 heavy (non-hydrogen) atoms. The normalized spacial score (nSPS) is 13.4. The van der Waals surface area contributed by atoms with Crippen molar-refractivity contribution in [1.29, 1.82) is 0 Å². The Labute approximate surface area is 120 Å². The maximum absolute atomic E-state index is 12.3. The van der Waals surface area contributed by atoms with Crippen molar-refractivity contribution in [2.75, 3.05) is 18.5 Å². The predicted molar refractivity (Wildman–Crippen MR) is 79.7 cm³/mol. The first-order valence-electron chi connectivity index (χ1n) is 5.93. The van der Waals surface area contributed by atoms with Crippen molar-refractivity contribution in [2.24, 2.45) is 0 Å². The molecule has 1 rings (SSSR count). The zero-order valence-corrected chi connectivity index (χ0v) is 13.6. The number of sulfone groups is 1. The van der Waals surface area contributed by atoms with Crippen LogP contribution in [-0.2, 0) is 19.9 Å². The molecule has 0 atom stereocenters. The summed E-state index contributed by atoms with van der Waals surface area (Å²) < 4.78 is 48.8. The van der Waals surface area contributed by atoms with Crippen LogP contribution in [0.4, 0.5) is 5.69 Å². The second-order valence-corrected chi connectivity index (χ2v) is 9.70. The zero-order valence-electron chi connectivity index (χ0n) is 12.0. The number of nitrogens with one attached hydrogen (secondary N) is 1. The summed E-state index contributed by atoms with van der Waals surface area (Å²) in [7, 11) is -7.24. The lowest BCUT2D eigenvalue weighted by Gasteiger charge is -2.23. The quantitative estimate of drug-likeness (QED) is 0.776. The zero-order chi connectivity index (χ0) is 15.8. The SMILES string of the molecule is Cc1cccc(N)c1S(=O)(=O)NCC(C)(C)S(C)(=O)=O. The maximum atomic E-state index is 12.3. The number of aryl methyl sites for hydroxylation is 1. The second-order valence-electron chi connectivity index (χ2n) is 5.35. The lowest BCUT2D eigenvalue weighted by molar-refractivity contribution is 0.537. The van der Waals surface area contributed by atoms with E-state index in [1.54, 1.807) is 19.1 Å². The maximum Gasteiger partial charge on any atom is 0.242 e. The van der Waals surface area contributed by atoms with Gasteiger partial charge in [0.25, 0.3) is 0 Å². The largest absolute Gasteiger partial charge is 0.398 e. The van der Waals surface area contributed by atoms with Gasteiger partial charge in [-0.05, 0) is 32.4 Å². The third-order valence-electron chi connectivity index (χ3n) is 3.20. The summed E-state index contributed by atoms with van der Waals surface area (Å²) in [5.74, 6) is 0. The Bertz CT molecular complexity index is 687.